The van der Waals surface area contributed by atoms with E-state index < -0.39 is 4.92 Å². The van der Waals surface area contributed by atoms with E-state index in [9.17, 15) is 10.1 Å². The van der Waals surface area contributed by atoms with Crippen molar-refractivity contribution in [2.45, 2.75) is 13.5 Å². The molecule has 1 heterocycles. The second kappa shape index (κ2) is 5.49. The average molecular weight is 328 g/mol. The Morgan fingerprint density at radius 3 is 2.83 bits per heavy atom. The summed E-state index contributed by atoms with van der Waals surface area (Å²) in [6.07, 6.45) is 0. The first-order chi connectivity index (χ1) is 8.56. The van der Waals surface area contributed by atoms with Gasteiger partial charge in [-0.15, -0.1) is 11.3 Å². The number of thiophene rings is 1. The van der Waals surface area contributed by atoms with Crippen LogP contribution in [0.5, 0.6) is 5.75 Å². The van der Waals surface area contributed by atoms with Gasteiger partial charge in [-0.2, -0.15) is 0 Å². The third kappa shape index (κ3) is 3.08. The molecule has 2 rings (SSSR count). The number of nitro groups is 1. The first-order valence-corrected chi connectivity index (χ1v) is 6.84. The summed E-state index contributed by atoms with van der Waals surface area (Å²) in [4.78, 5) is 11.3. The summed E-state index contributed by atoms with van der Waals surface area (Å²) in [5.41, 5.74) is 0.930. The number of benzene rings is 1. The first kappa shape index (κ1) is 13.0. The summed E-state index contributed by atoms with van der Waals surface area (Å²) < 4.78 is 6.63. The minimum atomic E-state index is -0.423. The van der Waals surface area contributed by atoms with E-state index in [2.05, 4.69) is 15.9 Å². The van der Waals surface area contributed by atoms with Crippen molar-refractivity contribution in [2.75, 3.05) is 0 Å². The average Bonchev–Trinajstić information content (AvgIpc) is 2.74. The van der Waals surface area contributed by atoms with Gasteiger partial charge >= 0.3 is 0 Å². The standard InChI is InChI=1S/C12H10BrNO3S/c1-8-2-3-10(14(15)16)5-12(8)17-6-11-4-9(13)7-18-11/h2-5,7H,6H2,1H3. The van der Waals surface area contributed by atoms with Crippen molar-refractivity contribution >= 4 is 33.0 Å². The molecular weight excluding hydrogens is 318 g/mol. The summed E-state index contributed by atoms with van der Waals surface area (Å²) >= 11 is 4.95. The van der Waals surface area contributed by atoms with Crippen LogP contribution in [0.4, 0.5) is 5.69 Å². The van der Waals surface area contributed by atoms with Crippen LogP contribution in [0.3, 0.4) is 0 Å². The molecular formula is C12H10BrNO3S. The van der Waals surface area contributed by atoms with Gasteiger partial charge in [-0.25, -0.2) is 0 Å². The number of halogens is 1. The Hall–Kier alpha value is -1.40. The van der Waals surface area contributed by atoms with Gasteiger partial charge in [0.25, 0.3) is 5.69 Å². The summed E-state index contributed by atoms with van der Waals surface area (Å²) in [5, 5.41) is 12.7. The monoisotopic (exact) mass is 327 g/mol. The van der Waals surface area contributed by atoms with Gasteiger partial charge in [0.1, 0.15) is 12.4 Å². The molecule has 0 bridgehead atoms. The number of nitro benzene ring substituents is 1. The van der Waals surface area contributed by atoms with Gasteiger partial charge in [0.15, 0.2) is 0 Å². The van der Waals surface area contributed by atoms with Gasteiger partial charge in [0.2, 0.25) is 0 Å². The molecule has 0 fully saturated rings. The van der Waals surface area contributed by atoms with Crippen molar-refractivity contribution in [1.29, 1.82) is 0 Å². The molecule has 0 saturated carbocycles. The summed E-state index contributed by atoms with van der Waals surface area (Å²) in [7, 11) is 0. The Morgan fingerprint density at radius 2 is 2.22 bits per heavy atom. The maximum absolute atomic E-state index is 10.7. The van der Waals surface area contributed by atoms with Crippen molar-refractivity contribution < 1.29 is 9.66 Å². The molecule has 0 spiro atoms. The summed E-state index contributed by atoms with van der Waals surface area (Å²) in [6.45, 7) is 2.28. The molecule has 94 valence electrons. The highest BCUT2D eigenvalue weighted by atomic mass is 79.9. The van der Waals surface area contributed by atoms with Crippen LogP contribution in [0, 0.1) is 17.0 Å². The lowest BCUT2D eigenvalue weighted by Gasteiger charge is -2.07. The molecule has 0 N–H and O–H groups in total. The third-order valence-electron chi connectivity index (χ3n) is 2.37. The fourth-order valence-electron chi connectivity index (χ4n) is 1.44. The smallest absolute Gasteiger partial charge is 0.273 e. The molecule has 0 aliphatic rings. The van der Waals surface area contributed by atoms with Crippen molar-refractivity contribution in [2.24, 2.45) is 0 Å². The lowest BCUT2D eigenvalue weighted by molar-refractivity contribution is -0.385. The summed E-state index contributed by atoms with van der Waals surface area (Å²) in [5.74, 6) is 0.550. The van der Waals surface area contributed by atoms with Crippen molar-refractivity contribution in [1.82, 2.24) is 0 Å². The third-order valence-corrected chi connectivity index (χ3v) is 4.05. The molecule has 2 aromatic rings. The van der Waals surface area contributed by atoms with Crippen molar-refractivity contribution in [3.8, 4) is 5.75 Å². The van der Waals surface area contributed by atoms with Gasteiger partial charge in [0, 0.05) is 20.8 Å². The predicted octanol–water partition coefficient (Wildman–Crippen LogP) is 4.31. The Morgan fingerprint density at radius 1 is 1.44 bits per heavy atom. The molecule has 18 heavy (non-hydrogen) atoms. The van der Waals surface area contributed by atoms with Crippen LogP contribution >= 0.6 is 27.3 Å². The highest BCUT2D eigenvalue weighted by molar-refractivity contribution is 9.10. The number of aryl methyl sites for hydroxylation is 1. The number of rotatable bonds is 4. The Labute approximate surface area is 116 Å². The molecule has 1 aromatic heterocycles. The number of non-ortho nitro benzene ring substituents is 1. The quantitative estimate of drug-likeness (QED) is 0.621. The van der Waals surface area contributed by atoms with Crippen LogP contribution in [-0.4, -0.2) is 4.92 Å². The van der Waals surface area contributed by atoms with E-state index in [1.54, 1.807) is 17.4 Å². The maximum Gasteiger partial charge on any atom is 0.273 e. The number of ether oxygens (including phenoxy) is 1. The number of hydrogen-bond donors (Lipinski definition) is 0. The maximum atomic E-state index is 10.7. The zero-order valence-corrected chi connectivity index (χ0v) is 12.0. The Balaban J connectivity index is 2.13. The molecule has 0 amide bonds. The molecule has 6 heteroatoms. The van der Waals surface area contributed by atoms with E-state index in [-0.39, 0.29) is 5.69 Å². The highest BCUT2D eigenvalue weighted by Crippen LogP contribution is 2.26. The van der Waals surface area contributed by atoms with Crippen molar-refractivity contribution in [3.63, 3.8) is 0 Å². The second-order valence-electron chi connectivity index (χ2n) is 3.73. The normalized spacial score (nSPS) is 10.3. The predicted molar refractivity (Wildman–Crippen MR) is 74.2 cm³/mol. The first-order valence-electron chi connectivity index (χ1n) is 5.17. The minimum absolute atomic E-state index is 0.0444. The van der Waals surface area contributed by atoms with Crippen molar-refractivity contribution in [3.05, 3.63) is 54.7 Å². The van der Waals surface area contributed by atoms with Crippen LogP contribution < -0.4 is 4.74 Å². The molecule has 0 unspecified atom stereocenters. The van der Waals surface area contributed by atoms with Gasteiger partial charge in [-0.1, -0.05) is 0 Å². The molecule has 0 aliphatic carbocycles. The molecule has 0 aliphatic heterocycles. The second-order valence-corrected chi connectivity index (χ2v) is 5.64. The zero-order chi connectivity index (χ0) is 13.1. The van der Waals surface area contributed by atoms with E-state index in [1.165, 1.54) is 12.1 Å². The topological polar surface area (TPSA) is 52.4 Å². The molecule has 1 aromatic carbocycles. The largest absolute Gasteiger partial charge is 0.488 e. The Bertz CT molecular complexity index is 582. The van der Waals surface area contributed by atoms with E-state index in [4.69, 9.17) is 4.74 Å². The fraction of sp³-hybridized carbons (Fsp3) is 0.167. The Kier molecular flexibility index (Phi) is 3.98. The van der Waals surface area contributed by atoms with Crippen LogP contribution in [0.1, 0.15) is 10.4 Å². The SMILES string of the molecule is Cc1ccc([N+](=O)[O-])cc1OCc1cc(Br)cs1. The number of nitrogens with zero attached hydrogens (tertiary/aromatic N) is 1. The number of hydrogen-bond acceptors (Lipinski definition) is 4. The van der Waals surface area contributed by atoms with Gasteiger partial charge < -0.3 is 4.74 Å². The molecule has 0 atom stereocenters. The fourth-order valence-corrected chi connectivity index (χ4v) is 2.80. The lowest BCUT2D eigenvalue weighted by atomic mass is 10.2. The minimum Gasteiger partial charge on any atom is -0.488 e. The van der Waals surface area contributed by atoms with E-state index in [1.807, 2.05) is 18.4 Å². The molecule has 0 radical (unpaired) electrons. The lowest BCUT2D eigenvalue weighted by Crippen LogP contribution is -1.96. The van der Waals surface area contributed by atoms with Gasteiger partial charge in [0.05, 0.1) is 11.0 Å². The molecule has 0 saturated heterocycles. The molecule has 4 nitrogen and oxygen atoms in total. The van der Waals surface area contributed by atoms with Crippen LogP contribution in [0.25, 0.3) is 0 Å². The van der Waals surface area contributed by atoms with Gasteiger partial charge in [-0.3, -0.25) is 10.1 Å². The van der Waals surface area contributed by atoms with Crippen LogP contribution in [0.2, 0.25) is 0 Å². The highest BCUT2D eigenvalue weighted by Gasteiger charge is 2.10. The summed E-state index contributed by atoms with van der Waals surface area (Å²) in [6, 6.07) is 6.59. The van der Waals surface area contributed by atoms with Crippen LogP contribution in [-0.2, 0) is 6.61 Å². The zero-order valence-electron chi connectivity index (χ0n) is 9.55. The van der Waals surface area contributed by atoms with Crippen LogP contribution in [0.15, 0.2) is 34.1 Å². The van der Waals surface area contributed by atoms with E-state index in [0.717, 1.165) is 14.9 Å². The van der Waals surface area contributed by atoms with E-state index >= 15 is 0 Å². The van der Waals surface area contributed by atoms with Gasteiger partial charge in [-0.05, 0) is 40.5 Å². The van der Waals surface area contributed by atoms with E-state index in [0.29, 0.717) is 12.4 Å².